The molecule has 0 unspecified atom stereocenters. The van der Waals surface area contributed by atoms with Crippen molar-refractivity contribution in [1.82, 2.24) is 4.90 Å². The third-order valence-electron chi connectivity index (χ3n) is 4.20. The Hall–Kier alpha value is -1.43. The summed E-state index contributed by atoms with van der Waals surface area (Å²) >= 11 is 0. The number of rotatable bonds is 3. The van der Waals surface area contributed by atoms with Crippen LogP contribution in [-0.2, 0) is 19.1 Å². The van der Waals surface area contributed by atoms with Crippen LogP contribution in [-0.4, -0.2) is 47.5 Å². The quantitative estimate of drug-likeness (QED) is 0.761. The minimum atomic E-state index is -0.977. The third-order valence-corrected chi connectivity index (χ3v) is 4.20. The van der Waals surface area contributed by atoms with Crippen LogP contribution in [0.4, 0.5) is 0 Å². The van der Waals surface area contributed by atoms with Gasteiger partial charge in [0, 0.05) is 6.54 Å². The van der Waals surface area contributed by atoms with E-state index in [0.717, 1.165) is 17.7 Å². The lowest BCUT2D eigenvalue weighted by molar-refractivity contribution is -0.165. The van der Waals surface area contributed by atoms with E-state index in [4.69, 9.17) is 4.74 Å². The standard InChI is InChI=1S/C13H19NO5/c1-9-2-4-13(5-3-9,12(17)18)8-14-10(15)6-19-7-11(14)16/h9H,2-8H2,1H3,(H,17,18). The summed E-state index contributed by atoms with van der Waals surface area (Å²) in [5.74, 6) is -1.28. The van der Waals surface area contributed by atoms with Crippen molar-refractivity contribution >= 4 is 17.8 Å². The smallest absolute Gasteiger partial charge is 0.311 e. The Kier molecular flexibility index (Phi) is 3.89. The number of amides is 2. The predicted molar refractivity (Wildman–Crippen MR) is 65.2 cm³/mol. The number of hydrogen-bond donors (Lipinski definition) is 1. The van der Waals surface area contributed by atoms with Crippen molar-refractivity contribution in [1.29, 1.82) is 0 Å². The molecule has 0 aromatic heterocycles. The maximum atomic E-state index is 11.7. The van der Waals surface area contributed by atoms with E-state index >= 15 is 0 Å². The van der Waals surface area contributed by atoms with Crippen molar-refractivity contribution in [2.45, 2.75) is 32.6 Å². The number of aliphatic carboxylic acids is 1. The molecule has 0 bridgehead atoms. The van der Waals surface area contributed by atoms with Crippen LogP contribution in [0, 0.1) is 11.3 Å². The van der Waals surface area contributed by atoms with Crippen LogP contribution in [0.2, 0.25) is 0 Å². The van der Waals surface area contributed by atoms with Gasteiger partial charge < -0.3 is 9.84 Å². The number of ether oxygens (including phenoxy) is 1. The highest BCUT2D eigenvalue weighted by Gasteiger charge is 2.45. The summed E-state index contributed by atoms with van der Waals surface area (Å²) in [6.45, 7) is 1.79. The molecule has 0 aromatic carbocycles. The van der Waals surface area contributed by atoms with Gasteiger partial charge in [0.15, 0.2) is 0 Å². The van der Waals surface area contributed by atoms with Crippen LogP contribution in [0.25, 0.3) is 0 Å². The molecule has 1 aliphatic heterocycles. The molecule has 6 nitrogen and oxygen atoms in total. The molecule has 1 heterocycles. The molecule has 0 radical (unpaired) electrons. The second-order valence-electron chi connectivity index (χ2n) is 5.63. The fraction of sp³-hybridized carbons (Fsp3) is 0.769. The summed E-state index contributed by atoms with van der Waals surface area (Å²) in [5, 5.41) is 9.50. The number of hydrogen-bond acceptors (Lipinski definition) is 4. The van der Waals surface area contributed by atoms with Crippen LogP contribution in [0.1, 0.15) is 32.6 Å². The summed E-state index contributed by atoms with van der Waals surface area (Å²) in [4.78, 5) is 36.0. The Morgan fingerprint density at radius 3 is 2.32 bits per heavy atom. The average molecular weight is 269 g/mol. The zero-order valence-electron chi connectivity index (χ0n) is 11.1. The number of nitrogens with zero attached hydrogens (tertiary/aromatic N) is 1. The largest absolute Gasteiger partial charge is 0.481 e. The molecule has 2 amide bonds. The van der Waals surface area contributed by atoms with E-state index in [1.54, 1.807) is 0 Å². The van der Waals surface area contributed by atoms with Gasteiger partial charge in [0.25, 0.3) is 11.8 Å². The molecule has 1 aliphatic carbocycles. The van der Waals surface area contributed by atoms with Gasteiger partial charge in [-0.3, -0.25) is 19.3 Å². The molecule has 1 saturated heterocycles. The monoisotopic (exact) mass is 269 g/mol. The molecule has 2 rings (SSSR count). The van der Waals surface area contributed by atoms with Crippen molar-refractivity contribution < 1.29 is 24.2 Å². The van der Waals surface area contributed by atoms with E-state index < -0.39 is 23.2 Å². The summed E-state index contributed by atoms with van der Waals surface area (Å²) in [5.41, 5.74) is -0.977. The van der Waals surface area contributed by atoms with Gasteiger partial charge in [-0.15, -0.1) is 0 Å². The van der Waals surface area contributed by atoms with Gasteiger partial charge in [-0.25, -0.2) is 0 Å². The molecule has 6 heteroatoms. The summed E-state index contributed by atoms with van der Waals surface area (Å²) in [6, 6.07) is 0. The minimum Gasteiger partial charge on any atom is -0.481 e. The van der Waals surface area contributed by atoms with E-state index in [1.165, 1.54) is 0 Å². The Labute approximate surface area is 111 Å². The van der Waals surface area contributed by atoms with E-state index in [-0.39, 0.29) is 19.8 Å². The summed E-state index contributed by atoms with van der Waals surface area (Å²) < 4.78 is 4.84. The second kappa shape index (κ2) is 5.28. The fourth-order valence-corrected chi connectivity index (χ4v) is 2.75. The number of carbonyl (C=O) groups excluding carboxylic acids is 2. The first-order chi connectivity index (χ1) is 8.94. The van der Waals surface area contributed by atoms with E-state index in [0.29, 0.717) is 18.8 Å². The zero-order chi connectivity index (χ0) is 14.0. The Balaban J connectivity index is 2.14. The first-order valence-electron chi connectivity index (χ1n) is 6.59. The van der Waals surface area contributed by atoms with Crippen LogP contribution >= 0.6 is 0 Å². The summed E-state index contributed by atoms with van der Waals surface area (Å²) in [7, 11) is 0. The number of morpholine rings is 1. The molecule has 0 spiro atoms. The first-order valence-corrected chi connectivity index (χ1v) is 6.59. The zero-order valence-corrected chi connectivity index (χ0v) is 11.1. The Morgan fingerprint density at radius 1 is 1.32 bits per heavy atom. The molecular weight excluding hydrogens is 250 g/mol. The maximum absolute atomic E-state index is 11.7. The molecule has 0 atom stereocenters. The highest BCUT2D eigenvalue weighted by Crippen LogP contribution is 2.40. The van der Waals surface area contributed by atoms with Gasteiger partial charge in [-0.1, -0.05) is 6.92 Å². The van der Waals surface area contributed by atoms with Gasteiger partial charge in [0.1, 0.15) is 13.2 Å². The highest BCUT2D eigenvalue weighted by atomic mass is 16.5. The van der Waals surface area contributed by atoms with Crippen LogP contribution in [0.5, 0.6) is 0 Å². The first kappa shape index (κ1) is 14.0. The molecule has 2 fully saturated rings. The SMILES string of the molecule is CC1CCC(CN2C(=O)COCC2=O)(C(=O)O)CC1. The molecule has 1 N–H and O–H groups in total. The van der Waals surface area contributed by atoms with Gasteiger partial charge in [-0.2, -0.15) is 0 Å². The van der Waals surface area contributed by atoms with Gasteiger partial charge in [0.2, 0.25) is 0 Å². The van der Waals surface area contributed by atoms with E-state index in [1.807, 2.05) is 0 Å². The maximum Gasteiger partial charge on any atom is 0.311 e. The Morgan fingerprint density at radius 2 is 1.84 bits per heavy atom. The molecule has 106 valence electrons. The van der Waals surface area contributed by atoms with E-state index in [2.05, 4.69) is 6.92 Å². The highest BCUT2D eigenvalue weighted by molar-refractivity contribution is 5.98. The number of carboxylic acid groups (broad SMARTS) is 1. The number of carbonyl (C=O) groups is 3. The lowest BCUT2D eigenvalue weighted by Gasteiger charge is -2.39. The van der Waals surface area contributed by atoms with Crippen LogP contribution in [0.15, 0.2) is 0 Å². The Bertz CT molecular complexity index is 382. The number of carboxylic acids is 1. The van der Waals surface area contributed by atoms with Crippen molar-refractivity contribution in [2.75, 3.05) is 19.8 Å². The molecular formula is C13H19NO5. The average Bonchev–Trinajstić information content (AvgIpc) is 2.36. The molecule has 0 aromatic rings. The molecule has 19 heavy (non-hydrogen) atoms. The van der Waals surface area contributed by atoms with Crippen molar-refractivity contribution in [3.8, 4) is 0 Å². The summed E-state index contributed by atoms with van der Waals surface area (Å²) in [6.07, 6.45) is 2.67. The third kappa shape index (κ3) is 2.78. The van der Waals surface area contributed by atoms with Gasteiger partial charge in [-0.05, 0) is 31.6 Å². The van der Waals surface area contributed by atoms with Crippen molar-refractivity contribution in [2.24, 2.45) is 11.3 Å². The van der Waals surface area contributed by atoms with Gasteiger partial charge in [0.05, 0.1) is 5.41 Å². The lowest BCUT2D eigenvalue weighted by atomic mass is 9.70. The van der Waals surface area contributed by atoms with Crippen LogP contribution < -0.4 is 0 Å². The van der Waals surface area contributed by atoms with Crippen LogP contribution in [0.3, 0.4) is 0 Å². The lowest BCUT2D eigenvalue weighted by Crippen LogP contribution is -2.53. The van der Waals surface area contributed by atoms with Gasteiger partial charge >= 0.3 is 5.97 Å². The molecule has 1 saturated carbocycles. The number of imide groups is 1. The van der Waals surface area contributed by atoms with Crippen molar-refractivity contribution in [3.63, 3.8) is 0 Å². The van der Waals surface area contributed by atoms with E-state index in [9.17, 15) is 19.5 Å². The minimum absolute atomic E-state index is 0.0178. The predicted octanol–water partition coefficient (Wildman–Crippen LogP) is 0.653. The second-order valence-corrected chi connectivity index (χ2v) is 5.63. The normalized spacial score (nSPS) is 32.5. The molecule has 2 aliphatic rings. The topological polar surface area (TPSA) is 83.9 Å². The fourth-order valence-electron chi connectivity index (χ4n) is 2.75. The van der Waals surface area contributed by atoms with Crippen molar-refractivity contribution in [3.05, 3.63) is 0 Å².